The molecule has 3 nitrogen and oxygen atoms in total. The number of hydrogen-bond acceptors (Lipinski definition) is 3. The van der Waals surface area contributed by atoms with Crippen LogP contribution in [0.4, 0.5) is 5.82 Å². The first-order chi connectivity index (χ1) is 6.25. The lowest BCUT2D eigenvalue weighted by Crippen LogP contribution is -2.26. The molecule has 1 aliphatic heterocycles. The molecule has 2 rings (SSSR count). The molecule has 0 amide bonds. The van der Waals surface area contributed by atoms with Crippen molar-refractivity contribution in [1.29, 1.82) is 0 Å². The second-order valence-corrected chi connectivity index (χ2v) is 3.70. The van der Waals surface area contributed by atoms with E-state index in [2.05, 4.69) is 9.88 Å². The lowest BCUT2D eigenvalue weighted by molar-refractivity contribution is 0.751. The van der Waals surface area contributed by atoms with Gasteiger partial charge in [0.25, 0.3) is 0 Å². The summed E-state index contributed by atoms with van der Waals surface area (Å²) in [6, 6.07) is 5.93. The van der Waals surface area contributed by atoms with Crippen LogP contribution in [-0.2, 0) is 0 Å². The minimum atomic E-state index is 0.279. The van der Waals surface area contributed by atoms with Gasteiger partial charge in [-0.05, 0) is 18.6 Å². The molecular weight excluding hydrogens is 186 g/mol. The Kier molecular flexibility index (Phi) is 2.38. The molecule has 0 radical (unpaired) electrons. The highest BCUT2D eigenvalue weighted by molar-refractivity contribution is 6.29. The van der Waals surface area contributed by atoms with Crippen LogP contribution in [0.5, 0.6) is 0 Å². The number of pyridine rings is 1. The van der Waals surface area contributed by atoms with E-state index in [0.29, 0.717) is 5.15 Å². The Balaban J connectivity index is 2.16. The highest BCUT2D eigenvalue weighted by atomic mass is 35.5. The van der Waals surface area contributed by atoms with Crippen LogP contribution in [0.2, 0.25) is 5.15 Å². The zero-order chi connectivity index (χ0) is 9.26. The lowest BCUT2D eigenvalue weighted by Gasteiger charge is -2.16. The van der Waals surface area contributed by atoms with Crippen LogP contribution in [0.1, 0.15) is 6.42 Å². The third-order valence-electron chi connectivity index (χ3n) is 2.25. The van der Waals surface area contributed by atoms with Crippen LogP contribution in [0.25, 0.3) is 0 Å². The summed E-state index contributed by atoms with van der Waals surface area (Å²) >= 11 is 5.79. The van der Waals surface area contributed by atoms with Gasteiger partial charge in [-0.2, -0.15) is 0 Å². The minimum absolute atomic E-state index is 0.279. The molecule has 0 aromatic carbocycles. The van der Waals surface area contributed by atoms with Gasteiger partial charge in [0, 0.05) is 19.1 Å². The van der Waals surface area contributed by atoms with Gasteiger partial charge in [-0.25, -0.2) is 4.98 Å². The molecular formula is C9H12ClN3. The Morgan fingerprint density at radius 3 is 3.00 bits per heavy atom. The molecule has 2 N–H and O–H groups in total. The summed E-state index contributed by atoms with van der Waals surface area (Å²) in [5, 5.41) is 0.540. The average molecular weight is 198 g/mol. The zero-order valence-electron chi connectivity index (χ0n) is 7.28. The fraction of sp³-hybridized carbons (Fsp3) is 0.444. The Labute approximate surface area is 82.5 Å². The van der Waals surface area contributed by atoms with Gasteiger partial charge in [-0.3, -0.25) is 0 Å². The minimum Gasteiger partial charge on any atom is -0.355 e. The average Bonchev–Trinajstić information content (AvgIpc) is 2.52. The van der Waals surface area contributed by atoms with E-state index in [0.717, 1.165) is 25.3 Å². The van der Waals surface area contributed by atoms with Crippen molar-refractivity contribution in [3.63, 3.8) is 0 Å². The van der Waals surface area contributed by atoms with E-state index in [1.807, 2.05) is 12.1 Å². The number of halogens is 1. The monoisotopic (exact) mass is 197 g/mol. The molecule has 0 saturated carbocycles. The van der Waals surface area contributed by atoms with Crippen molar-refractivity contribution in [2.24, 2.45) is 5.73 Å². The number of nitrogens with two attached hydrogens (primary N) is 1. The van der Waals surface area contributed by atoms with E-state index in [-0.39, 0.29) is 6.04 Å². The molecule has 4 heteroatoms. The Morgan fingerprint density at radius 1 is 1.54 bits per heavy atom. The van der Waals surface area contributed by atoms with Crippen molar-refractivity contribution in [1.82, 2.24) is 4.98 Å². The lowest BCUT2D eigenvalue weighted by atomic mass is 10.3. The van der Waals surface area contributed by atoms with E-state index in [1.54, 1.807) is 6.07 Å². The van der Waals surface area contributed by atoms with Crippen molar-refractivity contribution in [3.8, 4) is 0 Å². The summed E-state index contributed by atoms with van der Waals surface area (Å²) < 4.78 is 0. The van der Waals surface area contributed by atoms with Gasteiger partial charge in [0.05, 0.1) is 0 Å². The molecule has 1 atom stereocenters. The van der Waals surface area contributed by atoms with Gasteiger partial charge in [-0.15, -0.1) is 0 Å². The van der Waals surface area contributed by atoms with Crippen LogP contribution < -0.4 is 10.6 Å². The number of nitrogens with zero attached hydrogens (tertiary/aromatic N) is 2. The van der Waals surface area contributed by atoms with Crippen LogP contribution >= 0.6 is 11.6 Å². The molecule has 1 unspecified atom stereocenters. The molecule has 1 aliphatic rings. The second-order valence-electron chi connectivity index (χ2n) is 3.31. The normalized spacial score (nSPS) is 22.3. The largest absolute Gasteiger partial charge is 0.355 e. The maximum absolute atomic E-state index is 5.80. The number of anilines is 1. The van der Waals surface area contributed by atoms with Crippen LogP contribution in [0, 0.1) is 0 Å². The van der Waals surface area contributed by atoms with Crippen molar-refractivity contribution in [3.05, 3.63) is 23.4 Å². The number of hydrogen-bond donors (Lipinski definition) is 1. The summed E-state index contributed by atoms with van der Waals surface area (Å²) in [4.78, 5) is 6.39. The summed E-state index contributed by atoms with van der Waals surface area (Å²) in [5.41, 5.74) is 5.80. The second kappa shape index (κ2) is 3.52. The van der Waals surface area contributed by atoms with Gasteiger partial charge >= 0.3 is 0 Å². The molecule has 13 heavy (non-hydrogen) atoms. The molecule has 1 aromatic rings. The zero-order valence-corrected chi connectivity index (χ0v) is 8.04. The van der Waals surface area contributed by atoms with E-state index in [9.17, 15) is 0 Å². The van der Waals surface area contributed by atoms with Crippen molar-refractivity contribution in [2.45, 2.75) is 12.5 Å². The van der Waals surface area contributed by atoms with Gasteiger partial charge < -0.3 is 10.6 Å². The smallest absolute Gasteiger partial charge is 0.131 e. The molecule has 70 valence electrons. The highest BCUT2D eigenvalue weighted by Gasteiger charge is 2.19. The van der Waals surface area contributed by atoms with E-state index in [1.165, 1.54) is 0 Å². The molecule has 1 fully saturated rings. The molecule has 0 bridgehead atoms. The predicted molar refractivity (Wildman–Crippen MR) is 54.1 cm³/mol. The Hall–Kier alpha value is -0.800. The van der Waals surface area contributed by atoms with Crippen molar-refractivity contribution >= 4 is 17.4 Å². The summed E-state index contributed by atoms with van der Waals surface area (Å²) in [6.45, 7) is 1.86. The fourth-order valence-electron chi connectivity index (χ4n) is 1.57. The molecule has 0 aliphatic carbocycles. The fourth-order valence-corrected chi connectivity index (χ4v) is 1.73. The summed E-state index contributed by atoms with van der Waals surface area (Å²) in [5.74, 6) is 0.931. The van der Waals surface area contributed by atoms with Crippen molar-refractivity contribution < 1.29 is 0 Å². The first-order valence-corrected chi connectivity index (χ1v) is 4.76. The van der Waals surface area contributed by atoms with E-state index in [4.69, 9.17) is 17.3 Å². The Bertz CT molecular complexity index is 303. The molecule has 2 heterocycles. The number of aromatic nitrogens is 1. The molecule has 1 aromatic heterocycles. The molecule has 0 spiro atoms. The summed E-state index contributed by atoms with van der Waals surface area (Å²) in [6.07, 6.45) is 1.04. The van der Waals surface area contributed by atoms with Crippen LogP contribution in [0.3, 0.4) is 0 Å². The van der Waals surface area contributed by atoms with Crippen LogP contribution in [0.15, 0.2) is 18.2 Å². The van der Waals surface area contributed by atoms with Gasteiger partial charge in [0.15, 0.2) is 0 Å². The maximum Gasteiger partial charge on any atom is 0.131 e. The van der Waals surface area contributed by atoms with E-state index < -0.39 is 0 Å². The predicted octanol–water partition coefficient (Wildman–Crippen LogP) is 1.27. The highest BCUT2D eigenvalue weighted by Crippen LogP contribution is 2.18. The van der Waals surface area contributed by atoms with Crippen molar-refractivity contribution in [2.75, 3.05) is 18.0 Å². The summed E-state index contributed by atoms with van der Waals surface area (Å²) in [7, 11) is 0. The third kappa shape index (κ3) is 1.92. The standard InChI is InChI=1S/C9H12ClN3/c10-8-2-1-3-9(12-8)13-5-4-7(11)6-13/h1-3,7H,4-6,11H2. The third-order valence-corrected chi connectivity index (χ3v) is 2.46. The SMILES string of the molecule is NC1CCN(c2cccc(Cl)n2)C1. The maximum atomic E-state index is 5.80. The van der Waals surface area contributed by atoms with Gasteiger partial charge in [0.2, 0.25) is 0 Å². The quantitative estimate of drug-likeness (QED) is 0.690. The van der Waals surface area contributed by atoms with Gasteiger partial charge in [0.1, 0.15) is 11.0 Å². The van der Waals surface area contributed by atoms with Crippen LogP contribution in [-0.4, -0.2) is 24.1 Å². The molecule has 1 saturated heterocycles. The first-order valence-electron chi connectivity index (χ1n) is 4.39. The topological polar surface area (TPSA) is 42.1 Å². The Morgan fingerprint density at radius 2 is 2.38 bits per heavy atom. The van der Waals surface area contributed by atoms with E-state index >= 15 is 0 Å². The van der Waals surface area contributed by atoms with Gasteiger partial charge in [-0.1, -0.05) is 17.7 Å². The number of rotatable bonds is 1. The first kappa shape index (κ1) is 8.78.